The van der Waals surface area contributed by atoms with Crippen LogP contribution in [0, 0.1) is 27.4 Å². The van der Waals surface area contributed by atoms with Gasteiger partial charge in [-0.25, -0.2) is 27.9 Å². The maximum Gasteiger partial charge on any atom is 0.490 e. The number of hydrogen-bond donors (Lipinski definition) is 8. The third-order valence-electron chi connectivity index (χ3n) is 12.2. The topological polar surface area (TPSA) is 388 Å². The van der Waals surface area contributed by atoms with Gasteiger partial charge in [0.25, 0.3) is 11.6 Å². The summed E-state index contributed by atoms with van der Waals surface area (Å²) in [7, 11) is -9.53. The smallest absolute Gasteiger partial charge is 0.478 e. The molecule has 0 radical (unpaired) electrons. The standard InChI is InChI=1S/C49H54N7O20P3/c1-49(2,3)44(71-25-29-24-55(48(61)52-45(29)50)42-23-38(57)41(74-42)26-72-78(67,68)76-79(69,70)75-77(64,65)66)33-14-10-27(19-37(33)56(62)63)9-8-18-51-46(58)28-11-15-32(47(59)60)36(20-28)43-34-16-12-30(53(4)5)21-39(34)73-40-22-31(54(6)7)13-17-35(40)43/h10-17,19-22,24,38,41-42,44,57H,18,23,25-26H2,1-7H3,(H7-,50,51,52,58,59,60,61,64,65,66,67,68,69,70)/p+1/t38?,41-,42-,44?/m1/s1. The molecule has 27 nitrogen and oxygen atoms in total. The normalized spacial score (nSPS) is 17.5. The molecule has 79 heavy (non-hydrogen) atoms. The van der Waals surface area contributed by atoms with Gasteiger partial charge in [0, 0.05) is 83.8 Å². The fraction of sp³-hybridized carbons (Fsp3) is 0.327. The zero-order valence-corrected chi connectivity index (χ0v) is 45.9. The maximum atomic E-state index is 13.7. The number of nitro groups is 1. The van der Waals surface area contributed by atoms with Crippen molar-refractivity contribution in [1.82, 2.24) is 19.4 Å². The first-order valence-electron chi connectivity index (χ1n) is 23.5. The molecule has 1 saturated heterocycles. The van der Waals surface area contributed by atoms with Crippen molar-refractivity contribution in [3.05, 3.63) is 133 Å². The molecule has 0 saturated carbocycles. The van der Waals surface area contributed by atoms with Crippen LogP contribution in [-0.2, 0) is 42.9 Å². The van der Waals surface area contributed by atoms with Crippen LogP contribution in [0.25, 0.3) is 33.4 Å². The highest BCUT2D eigenvalue weighted by molar-refractivity contribution is 7.66. The van der Waals surface area contributed by atoms with Crippen molar-refractivity contribution in [3.8, 4) is 34.3 Å². The zero-order valence-electron chi connectivity index (χ0n) is 43.2. The number of aliphatic hydroxyl groups is 1. The first kappa shape index (κ1) is 59.7. The number of nitrogens with two attached hydrogens (primary N) is 1. The highest BCUT2D eigenvalue weighted by atomic mass is 31.3. The Bertz CT molecular complexity index is 3710. The molecular formula is C49H55N7O20P3+. The summed E-state index contributed by atoms with van der Waals surface area (Å²) in [5, 5.41) is 37.8. The van der Waals surface area contributed by atoms with Crippen molar-refractivity contribution < 1.29 is 85.0 Å². The van der Waals surface area contributed by atoms with Gasteiger partial charge in [-0.3, -0.25) is 24.0 Å². The van der Waals surface area contributed by atoms with Gasteiger partial charge in [-0.05, 0) is 59.5 Å². The van der Waals surface area contributed by atoms with Crippen LogP contribution in [0.2, 0.25) is 0 Å². The Morgan fingerprint density at radius 1 is 0.987 bits per heavy atom. The fourth-order valence-corrected chi connectivity index (χ4v) is 11.5. The largest absolute Gasteiger partial charge is 0.490 e. The highest BCUT2D eigenvalue weighted by Crippen LogP contribution is 2.66. The number of nitrogens with zero attached hydrogens (tertiary/aromatic N) is 5. The minimum absolute atomic E-state index is 0.0501. The molecule has 4 aromatic rings. The van der Waals surface area contributed by atoms with Crippen LogP contribution >= 0.6 is 23.5 Å². The van der Waals surface area contributed by atoms with Crippen molar-refractivity contribution >= 4 is 63.5 Å². The lowest BCUT2D eigenvalue weighted by Gasteiger charge is -2.31. The van der Waals surface area contributed by atoms with Crippen molar-refractivity contribution in [2.75, 3.05) is 52.0 Å². The second kappa shape index (κ2) is 23.4. The van der Waals surface area contributed by atoms with E-state index in [1.54, 1.807) is 20.8 Å². The second-order valence-electron chi connectivity index (χ2n) is 19.4. The van der Waals surface area contributed by atoms with E-state index >= 15 is 0 Å². The van der Waals surface area contributed by atoms with Crippen LogP contribution in [0.3, 0.4) is 0 Å². The number of nitrogen functional groups attached to an aromatic ring is 1. The summed E-state index contributed by atoms with van der Waals surface area (Å²) in [6.45, 7) is 3.69. The van der Waals surface area contributed by atoms with Gasteiger partial charge in [0.1, 0.15) is 43.6 Å². The molecule has 3 heterocycles. The third-order valence-corrected chi connectivity index (χ3v) is 16.0. The number of aromatic nitrogens is 2. The molecule has 1 aromatic heterocycles. The molecule has 1 fully saturated rings. The molecule has 0 bridgehead atoms. The van der Waals surface area contributed by atoms with Crippen LogP contribution in [0.4, 0.5) is 17.2 Å². The summed E-state index contributed by atoms with van der Waals surface area (Å²) in [5.41, 5.74) is 7.28. The molecule has 1 aliphatic carbocycles. The Morgan fingerprint density at radius 3 is 2.35 bits per heavy atom. The van der Waals surface area contributed by atoms with Crippen molar-refractivity contribution in [1.29, 1.82) is 0 Å². The molecule has 3 aromatic carbocycles. The number of rotatable bonds is 18. The van der Waals surface area contributed by atoms with E-state index in [1.165, 1.54) is 42.6 Å². The van der Waals surface area contributed by atoms with Crippen LogP contribution in [0.1, 0.15) is 76.9 Å². The Morgan fingerprint density at radius 2 is 1.71 bits per heavy atom. The first-order valence-corrected chi connectivity index (χ1v) is 28.1. The number of aromatic carboxylic acids is 1. The minimum atomic E-state index is -5.83. The molecule has 3 aliphatic rings. The molecule has 9 N–H and O–H groups in total. The Labute approximate surface area is 449 Å². The van der Waals surface area contributed by atoms with Gasteiger partial charge in [0.2, 0.25) is 5.36 Å². The number of anilines is 2. The third kappa shape index (κ3) is 14.4. The SMILES string of the molecule is CN(C)c1ccc2c(-c3cc(C(=O)NCC#Cc4ccc(C(OCc5cn([C@H]6CC(O)[C@@H](COP(=O)(O)OP(=O)(O)OP(=O)(O)O)O6)c(=O)nc5N)C(C)(C)C)c([N+](=O)[O-])c4)ccc3C(=O)O)c3ccc(=[N+](C)C)cc-3oc2c1. The number of amides is 1. The lowest BCUT2D eigenvalue weighted by Crippen LogP contribution is -2.30. The Kier molecular flexibility index (Phi) is 17.7. The van der Waals surface area contributed by atoms with Crippen LogP contribution in [-0.4, -0.2) is 110 Å². The average molecular weight is 1150 g/mol. The van der Waals surface area contributed by atoms with E-state index in [4.69, 9.17) is 29.4 Å². The fourth-order valence-electron chi connectivity index (χ4n) is 8.49. The molecule has 1 amide bonds. The number of hydrogen-bond acceptors (Lipinski definition) is 18. The lowest BCUT2D eigenvalue weighted by molar-refractivity contribution is -0.386. The van der Waals surface area contributed by atoms with E-state index in [9.17, 15) is 58.2 Å². The lowest BCUT2D eigenvalue weighted by atomic mass is 9.83. The second-order valence-corrected chi connectivity index (χ2v) is 23.8. The van der Waals surface area contributed by atoms with Crippen LogP contribution < -0.4 is 31.6 Å². The van der Waals surface area contributed by atoms with E-state index in [-0.39, 0.29) is 64.5 Å². The van der Waals surface area contributed by atoms with Crippen molar-refractivity contribution in [3.63, 3.8) is 0 Å². The molecule has 30 heteroatoms. The molecule has 420 valence electrons. The predicted molar refractivity (Wildman–Crippen MR) is 283 cm³/mol. The molecule has 4 unspecified atom stereocenters. The van der Waals surface area contributed by atoms with Gasteiger partial charge in [0.05, 0.1) is 54.1 Å². The molecular weight excluding hydrogens is 1100 g/mol. The van der Waals surface area contributed by atoms with E-state index < -0.39 is 82.5 Å². The van der Waals surface area contributed by atoms with Gasteiger partial charge in [-0.15, -0.1) is 0 Å². The van der Waals surface area contributed by atoms with Gasteiger partial charge in [0.15, 0.2) is 0 Å². The van der Waals surface area contributed by atoms with Gasteiger partial charge in [-0.2, -0.15) is 13.6 Å². The number of nitrogens with one attached hydrogen (secondary N) is 1. The Balaban J connectivity index is 1.07. The first-order chi connectivity index (χ1) is 36.8. The number of phosphoric ester groups is 1. The highest BCUT2D eigenvalue weighted by Gasteiger charge is 2.43. The van der Waals surface area contributed by atoms with Crippen molar-refractivity contribution in [2.24, 2.45) is 5.41 Å². The van der Waals surface area contributed by atoms with Gasteiger partial charge < -0.3 is 59.6 Å². The average Bonchev–Trinajstić information content (AvgIpc) is 3.72. The van der Waals surface area contributed by atoms with Crippen LogP contribution in [0.5, 0.6) is 0 Å². The number of carbonyl (C=O) groups is 2. The number of benzene rings is 4. The number of carbonyl (C=O) groups excluding carboxylic acids is 1. The maximum absolute atomic E-state index is 13.7. The van der Waals surface area contributed by atoms with E-state index in [0.29, 0.717) is 27.9 Å². The van der Waals surface area contributed by atoms with E-state index in [2.05, 4.69) is 35.3 Å². The quantitative estimate of drug-likeness (QED) is 0.0138. The molecule has 0 spiro atoms. The summed E-state index contributed by atoms with van der Waals surface area (Å²) in [6, 6.07) is 19.6. The van der Waals surface area contributed by atoms with E-state index in [1.807, 2.05) is 74.1 Å². The number of nitro benzene ring substituents is 1. The number of aliphatic hydroxyl groups excluding tert-OH is 1. The number of carboxylic acids is 1. The van der Waals surface area contributed by atoms with Crippen molar-refractivity contribution in [2.45, 2.75) is 58.3 Å². The van der Waals surface area contributed by atoms with E-state index in [0.717, 1.165) is 15.6 Å². The summed E-state index contributed by atoms with van der Waals surface area (Å²) in [5.74, 6) is 4.07. The summed E-state index contributed by atoms with van der Waals surface area (Å²) < 4.78 is 68.0. The number of phosphoric acid groups is 3. The molecule has 2 aliphatic heterocycles. The number of carboxylic acid groups (broad SMARTS) is 1. The predicted octanol–water partition coefficient (Wildman–Crippen LogP) is 5.12. The summed E-state index contributed by atoms with van der Waals surface area (Å²) in [4.78, 5) is 94.0. The summed E-state index contributed by atoms with van der Waals surface area (Å²) in [6.07, 6.45) is -4.43. The van der Waals surface area contributed by atoms with Gasteiger partial charge in [-0.1, -0.05) is 32.6 Å². The monoisotopic (exact) mass is 1150 g/mol. The minimum Gasteiger partial charge on any atom is -0.478 e. The Hall–Kier alpha value is -6.98. The van der Waals surface area contributed by atoms with Crippen LogP contribution in [0.15, 0.2) is 88.2 Å². The zero-order chi connectivity index (χ0) is 58.1. The number of ether oxygens (including phenoxy) is 2. The van der Waals surface area contributed by atoms with Gasteiger partial charge >= 0.3 is 35.1 Å². The molecule has 7 rings (SSSR count). The summed E-state index contributed by atoms with van der Waals surface area (Å²) >= 11 is 0. The number of fused-ring (bicyclic) bond motifs is 2. The molecule has 6 atom stereocenters.